The number of rotatable bonds is 5. The van der Waals surface area contributed by atoms with Crippen LogP contribution in [0.4, 0.5) is 14.9 Å². The Hall–Kier alpha value is -1.86. The van der Waals surface area contributed by atoms with Crippen molar-refractivity contribution in [2.45, 2.75) is 13.3 Å². The molecule has 0 radical (unpaired) electrons. The van der Waals surface area contributed by atoms with Gasteiger partial charge in [-0.3, -0.25) is 9.69 Å². The number of carbonyl (C=O) groups is 2. The minimum atomic E-state index is -0.557. The number of hydrogen-bond donors (Lipinski definition) is 1. The maximum atomic E-state index is 13.6. The Morgan fingerprint density at radius 1 is 1.29 bits per heavy atom. The molecule has 132 valence electrons. The molecule has 1 heterocycles. The Morgan fingerprint density at radius 2 is 2.00 bits per heavy atom. The van der Waals surface area contributed by atoms with Crippen molar-refractivity contribution >= 4 is 29.3 Å². The molecule has 2 rings (SSSR count). The maximum absolute atomic E-state index is 13.6. The quantitative estimate of drug-likeness (QED) is 0.879. The van der Waals surface area contributed by atoms with Gasteiger partial charge in [0.15, 0.2) is 0 Å². The summed E-state index contributed by atoms with van der Waals surface area (Å²) >= 11 is 5.67. The Balaban J connectivity index is 1.72. The van der Waals surface area contributed by atoms with Crippen molar-refractivity contribution in [3.05, 3.63) is 29.0 Å². The predicted molar refractivity (Wildman–Crippen MR) is 89.7 cm³/mol. The lowest BCUT2D eigenvalue weighted by Gasteiger charge is -2.33. The van der Waals surface area contributed by atoms with Crippen molar-refractivity contribution in [2.75, 3.05) is 44.6 Å². The van der Waals surface area contributed by atoms with E-state index in [9.17, 15) is 14.0 Å². The number of halogens is 2. The smallest absolute Gasteiger partial charge is 0.409 e. The Bertz CT molecular complexity index is 592. The molecule has 0 aromatic heterocycles. The van der Waals surface area contributed by atoms with Crippen molar-refractivity contribution in [1.82, 2.24) is 9.80 Å². The van der Waals surface area contributed by atoms with Crippen LogP contribution in [0.3, 0.4) is 0 Å². The van der Waals surface area contributed by atoms with Gasteiger partial charge in [0.2, 0.25) is 5.91 Å². The van der Waals surface area contributed by atoms with Crippen LogP contribution in [-0.4, -0.2) is 61.1 Å². The molecule has 24 heavy (non-hydrogen) atoms. The van der Waals surface area contributed by atoms with Gasteiger partial charge >= 0.3 is 6.09 Å². The second kappa shape index (κ2) is 8.84. The summed E-state index contributed by atoms with van der Waals surface area (Å²) in [4.78, 5) is 27.3. The van der Waals surface area contributed by atoms with E-state index >= 15 is 0 Å². The van der Waals surface area contributed by atoms with Crippen molar-refractivity contribution < 1.29 is 18.7 Å². The molecule has 0 atom stereocenters. The third-order valence-corrected chi connectivity index (χ3v) is 3.99. The molecule has 1 aliphatic heterocycles. The molecular formula is C16H21ClFN3O3. The van der Waals surface area contributed by atoms with Gasteiger partial charge in [0.1, 0.15) is 5.82 Å². The number of benzene rings is 1. The Labute approximate surface area is 145 Å². The molecular weight excluding hydrogens is 337 g/mol. The highest BCUT2D eigenvalue weighted by atomic mass is 35.5. The van der Waals surface area contributed by atoms with E-state index in [0.29, 0.717) is 39.3 Å². The molecule has 1 N–H and O–H groups in total. The van der Waals surface area contributed by atoms with E-state index in [2.05, 4.69) is 10.2 Å². The van der Waals surface area contributed by atoms with Crippen LogP contribution in [0.2, 0.25) is 5.02 Å². The maximum Gasteiger partial charge on any atom is 0.409 e. The lowest BCUT2D eigenvalue weighted by Crippen LogP contribution is -2.49. The van der Waals surface area contributed by atoms with Crippen LogP contribution in [-0.2, 0) is 9.53 Å². The largest absolute Gasteiger partial charge is 0.450 e. The summed E-state index contributed by atoms with van der Waals surface area (Å²) in [6, 6.07) is 4.12. The van der Waals surface area contributed by atoms with Gasteiger partial charge in [0.25, 0.3) is 0 Å². The van der Waals surface area contributed by atoms with Crippen molar-refractivity contribution in [3.63, 3.8) is 0 Å². The number of hydrogen-bond acceptors (Lipinski definition) is 4. The van der Waals surface area contributed by atoms with Crippen LogP contribution in [0.1, 0.15) is 13.3 Å². The molecule has 0 aliphatic carbocycles. The molecule has 0 saturated carbocycles. The van der Waals surface area contributed by atoms with Crippen LogP contribution >= 0.6 is 11.6 Å². The van der Waals surface area contributed by atoms with Gasteiger partial charge < -0.3 is 15.0 Å². The van der Waals surface area contributed by atoms with E-state index in [1.54, 1.807) is 11.8 Å². The van der Waals surface area contributed by atoms with Crippen LogP contribution < -0.4 is 5.32 Å². The highest BCUT2D eigenvalue weighted by molar-refractivity contribution is 6.30. The van der Waals surface area contributed by atoms with E-state index in [4.69, 9.17) is 16.3 Å². The summed E-state index contributed by atoms with van der Waals surface area (Å²) in [5.74, 6) is -0.817. The van der Waals surface area contributed by atoms with Gasteiger partial charge in [0.05, 0.1) is 12.3 Å². The zero-order valence-electron chi connectivity index (χ0n) is 13.6. The SMILES string of the molecule is CCOC(=O)N1CCN(CCC(=O)Nc2ccc(Cl)cc2F)CC1. The number of ether oxygens (including phenoxy) is 1. The average molecular weight is 358 g/mol. The average Bonchev–Trinajstić information content (AvgIpc) is 2.56. The Kier molecular flexibility index (Phi) is 6.81. The number of carbonyl (C=O) groups excluding carboxylic acids is 2. The van der Waals surface area contributed by atoms with Crippen molar-refractivity contribution in [3.8, 4) is 0 Å². The summed E-state index contributed by atoms with van der Waals surface area (Å²) in [5.41, 5.74) is 0.122. The van der Waals surface area contributed by atoms with E-state index in [0.717, 1.165) is 6.07 Å². The lowest BCUT2D eigenvalue weighted by molar-refractivity contribution is -0.116. The van der Waals surface area contributed by atoms with E-state index in [1.165, 1.54) is 12.1 Å². The first-order valence-corrected chi connectivity index (χ1v) is 8.26. The van der Waals surface area contributed by atoms with Crippen molar-refractivity contribution in [2.24, 2.45) is 0 Å². The fraction of sp³-hybridized carbons (Fsp3) is 0.500. The summed E-state index contributed by atoms with van der Waals surface area (Å²) in [6.07, 6.45) is -0.0466. The van der Waals surface area contributed by atoms with Gasteiger partial charge in [-0.05, 0) is 25.1 Å². The third-order valence-electron chi connectivity index (χ3n) is 3.76. The molecule has 1 saturated heterocycles. The standard InChI is InChI=1S/C16H21ClFN3O3/c1-2-24-16(23)21-9-7-20(8-10-21)6-5-15(22)19-14-4-3-12(17)11-13(14)18/h3-4,11H,2,5-10H2,1H3,(H,19,22). The van der Waals surface area contributed by atoms with E-state index in [-0.39, 0.29) is 29.1 Å². The minimum absolute atomic E-state index is 0.122. The lowest BCUT2D eigenvalue weighted by atomic mass is 10.2. The fourth-order valence-corrected chi connectivity index (χ4v) is 2.59. The highest BCUT2D eigenvalue weighted by Crippen LogP contribution is 2.19. The van der Waals surface area contributed by atoms with E-state index in [1.807, 2.05) is 0 Å². The molecule has 1 aliphatic rings. The molecule has 0 spiro atoms. The summed E-state index contributed by atoms with van der Waals surface area (Å²) in [5, 5.41) is 2.82. The normalized spacial score (nSPS) is 15.2. The number of nitrogens with one attached hydrogen (secondary N) is 1. The number of anilines is 1. The number of amides is 2. The fourth-order valence-electron chi connectivity index (χ4n) is 2.43. The van der Waals surface area contributed by atoms with Gasteiger partial charge in [-0.1, -0.05) is 11.6 Å². The predicted octanol–water partition coefficient (Wildman–Crippen LogP) is 2.58. The van der Waals surface area contributed by atoms with Gasteiger partial charge in [-0.2, -0.15) is 0 Å². The summed E-state index contributed by atoms with van der Waals surface area (Å²) < 4.78 is 18.6. The van der Waals surface area contributed by atoms with Crippen LogP contribution in [0, 0.1) is 5.82 Å². The molecule has 0 bridgehead atoms. The van der Waals surface area contributed by atoms with Crippen LogP contribution in [0.15, 0.2) is 18.2 Å². The molecule has 2 amide bonds. The number of nitrogens with zero attached hydrogens (tertiary/aromatic N) is 2. The second-order valence-electron chi connectivity index (χ2n) is 5.45. The van der Waals surface area contributed by atoms with Crippen LogP contribution in [0.5, 0.6) is 0 Å². The van der Waals surface area contributed by atoms with Gasteiger partial charge in [-0.15, -0.1) is 0 Å². The summed E-state index contributed by atoms with van der Waals surface area (Å²) in [6.45, 7) is 5.20. The topological polar surface area (TPSA) is 61.9 Å². The molecule has 0 unspecified atom stereocenters. The van der Waals surface area contributed by atoms with E-state index < -0.39 is 5.82 Å². The minimum Gasteiger partial charge on any atom is -0.450 e. The second-order valence-corrected chi connectivity index (χ2v) is 5.89. The Morgan fingerprint density at radius 3 is 2.62 bits per heavy atom. The summed E-state index contributed by atoms with van der Waals surface area (Å²) in [7, 11) is 0. The molecule has 1 aromatic rings. The third kappa shape index (κ3) is 5.35. The number of piperazine rings is 1. The molecule has 1 fully saturated rings. The zero-order valence-corrected chi connectivity index (χ0v) is 14.3. The molecule has 6 nitrogen and oxygen atoms in total. The monoisotopic (exact) mass is 357 g/mol. The molecule has 1 aromatic carbocycles. The van der Waals surface area contributed by atoms with Gasteiger partial charge in [-0.25, -0.2) is 9.18 Å². The zero-order chi connectivity index (χ0) is 17.5. The highest BCUT2D eigenvalue weighted by Gasteiger charge is 2.22. The first kappa shape index (κ1) is 18.5. The van der Waals surface area contributed by atoms with Gasteiger partial charge in [0, 0.05) is 44.2 Å². The first-order valence-electron chi connectivity index (χ1n) is 7.88. The molecule has 8 heteroatoms. The first-order chi connectivity index (χ1) is 11.5. The van der Waals surface area contributed by atoms with Crippen molar-refractivity contribution in [1.29, 1.82) is 0 Å². The van der Waals surface area contributed by atoms with Crippen LogP contribution in [0.25, 0.3) is 0 Å².